The lowest BCUT2D eigenvalue weighted by atomic mass is 9.99. The van der Waals surface area contributed by atoms with Gasteiger partial charge in [0.2, 0.25) is 0 Å². The minimum atomic E-state index is -1.35. The molecule has 122 valence electrons. The number of likely N-dealkylation sites (N-methyl/N-ethyl adjacent to an activating group) is 1. The summed E-state index contributed by atoms with van der Waals surface area (Å²) in [6.07, 6.45) is -1.35. The summed E-state index contributed by atoms with van der Waals surface area (Å²) in [6.45, 7) is 1.88. The van der Waals surface area contributed by atoms with Crippen molar-refractivity contribution in [3.05, 3.63) is 66.0 Å². The number of nitrogens with zero attached hydrogens (tertiary/aromatic N) is 1. The molecule has 2 atom stereocenters. The molecule has 4 nitrogen and oxygen atoms in total. The van der Waals surface area contributed by atoms with Gasteiger partial charge in [0.25, 0.3) is 0 Å². The van der Waals surface area contributed by atoms with Crippen LogP contribution >= 0.6 is 0 Å². The zero-order valence-corrected chi connectivity index (χ0v) is 13.1. The standard InChI is InChI=1S/C18H20FNO3/c1-3-23-18(22)17(21)16(13-7-5-4-6-8-13)20(2)15-11-9-14(19)10-12-15/h4-12,16-17,21H,3H2,1-2H3. The minimum absolute atomic E-state index is 0.192. The summed E-state index contributed by atoms with van der Waals surface area (Å²) in [7, 11) is 1.74. The van der Waals surface area contributed by atoms with Crippen LogP contribution in [0.3, 0.4) is 0 Å². The normalized spacial score (nSPS) is 13.2. The Morgan fingerprint density at radius 2 is 1.78 bits per heavy atom. The zero-order chi connectivity index (χ0) is 16.8. The molecule has 0 fully saturated rings. The Balaban J connectivity index is 2.36. The molecule has 0 aromatic heterocycles. The second-order valence-electron chi connectivity index (χ2n) is 5.14. The third kappa shape index (κ3) is 4.07. The Morgan fingerprint density at radius 3 is 2.35 bits per heavy atom. The van der Waals surface area contributed by atoms with Gasteiger partial charge in [0.1, 0.15) is 5.82 Å². The Morgan fingerprint density at radius 1 is 1.17 bits per heavy atom. The van der Waals surface area contributed by atoms with Crippen LogP contribution in [-0.2, 0) is 9.53 Å². The highest BCUT2D eigenvalue weighted by molar-refractivity contribution is 5.76. The lowest BCUT2D eigenvalue weighted by Gasteiger charge is -2.33. The van der Waals surface area contributed by atoms with Gasteiger partial charge in [0, 0.05) is 12.7 Å². The van der Waals surface area contributed by atoms with Crippen molar-refractivity contribution in [2.24, 2.45) is 0 Å². The van der Waals surface area contributed by atoms with Crippen LogP contribution in [0.5, 0.6) is 0 Å². The predicted octanol–water partition coefficient (Wildman–Crippen LogP) is 2.93. The summed E-state index contributed by atoms with van der Waals surface area (Å²) in [5.74, 6) is -1.03. The van der Waals surface area contributed by atoms with Crippen LogP contribution < -0.4 is 4.90 Å². The summed E-state index contributed by atoms with van der Waals surface area (Å²) in [5.41, 5.74) is 1.45. The molecule has 0 bridgehead atoms. The summed E-state index contributed by atoms with van der Waals surface area (Å²) in [4.78, 5) is 13.7. The average molecular weight is 317 g/mol. The number of aliphatic hydroxyl groups is 1. The van der Waals surface area contributed by atoms with Crippen LogP contribution in [-0.4, -0.2) is 30.8 Å². The number of aliphatic hydroxyl groups excluding tert-OH is 1. The molecule has 2 rings (SSSR count). The van der Waals surface area contributed by atoms with E-state index >= 15 is 0 Å². The van der Waals surface area contributed by atoms with Crippen molar-refractivity contribution in [2.75, 3.05) is 18.6 Å². The topological polar surface area (TPSA) is 49.8 Å². The fourth-order valence-electron chi connectivity index (χ4n) is 2.46. The van der Waals surface area contributed by atoms with Gasteiger partial charge in [-0.25, -0.2) is 9.18 Å². The average Bonchev–Trinajstić information content (AvgIpc) is 2.56. The van der Waals surface area contributed by atoms with Crippen LogP contribution in [0.4, 0.5) is 10.1 Å². The van der Waals surface area contributed by atoms with Gasteiger partial charge in [-0.2, -0.15) is 0 Å². The van der Waals surface area contributed by atoms with Crippen molar-refractivity contribution in [2.45, 2.75) is 19.1 Å². The summed E-state index contributed by atoms with van der Waals surface area (Å²) in [6, 6.07) is 14.4. The zero-order valence-electron chi connectivity index (χ0n) is 13.1. The largest absolute Gasteiger partial charge is 0.464 e. The maximum atomic E-state index is 13.1. The second kappa shape index (κ2) is 7.74. The number of esters is 1. The van der Waals surface area contributed by atoms with Crippen LogP contribution in [0.1, 0.15) is 18.5 Å². The Kier molecular flexibility index (Phi) is 5.71. The predicted molar refractivity (Wildman–Crippen MR) is 86.6 cm³/mol. The van der Waals surface area contributed by atoms with E-state index in [4.69, 9.17) is 4.74 Å². The molecule has 0 heterocycles. The molecule has 0 radical (unpaired) electrons. The van der Waals surface area contributed by atoms with E-state index in [2.05, 4.69) is 0 Å². The third-order valence-electron chi connectivity index (χ3n) is 3.62. The maximum absolute atomic E-state index is 13.1. The molecular formula is C18H20FNO3. The van der Waals surface area contributed by atoms with E-state index in [1.807, 2.05) is 30.3 Å². The highest BCUT2D eigenvalue weighted by atomic mass is 19.1. The van der Waals surface area contributed by atoms with Crippen molar-refractivity contribution in [1.29, 1.82) is 0 Å². The number of halogens is 1. The Hall–Kier alpha value is -2.40. The third-order valence-corrected chi connectivity index (χ3v) is 3.62. The van der Waals surface area contributed by atoms with Crippen molar-refractivity contribution in [1.82, 2.24) is 0 Å². The maximum Gasteiger partial charge on any atom is 0.337 e. The van der Waals surface area contributed by atoms with Crippen molar-refractivity contribution < 1.29 is 19.0 Å². The molecular weight excluding hydrogens is 297 g/mol. The van der Waals surface area contributed by atoms with Crippen LogP contribution in [0.25, 0.3) is 0 Å². The molecule has 0 aliphatic rings. The molecule has 0 amide bonds. The van der Waals surface area contributed by atoms with E-state index < -0.39 is 18.1 Å². The molecule has 0 aliphatic carbocycles. The molecule has 2 unspecified atom stereocenters. The number of ether oxygens (including phenoxy) is 1. The highest BCUT2D eigenvalue weighted by Crippen LogP contribution is 2.29. The van der Waals surface area contributed by atoms with E-state index in [-0.39, 0.29) is 12.4 Å². The number of hydrogen-bond acceptors (Lipinski definition) is 4. The number of benzene rings is 2. The molecule has 23 heavy (non-hydrogen) atoms. The Bertz CT molecular complexity index is 630. The molecule has 2 aromatic rings. The van der Waals surface area contributed by atoms with Gasteiger partial charge in [0.15, 0.2) is 6.10 Å². The van der Waals surface area contributed by atoms with Gasteiger partial charge in [-0.05, 0) is 36.8 Å². The molecule has 2 aromatic carbocycles. The number of rotatable bonds is 6. The van der Waals surface area contributed by atoms with Crippen molar-refractivity contribution in [3.8, 4) is 0 Å². The molecule has 0 saturated carbocycles. The number of hydrogen-bond donors (Lipinski definition) is 1. The van der Waals surface area contributed by atoms with E-state index in [1.165, 1.54) is 12.1 Å². The fraction of sp³-hybridized carbons (Fsp3) is 0.278. The van der Waals surface area contributed by atoms with Crippen LogP contribution in [0.2, 0.25) is 0 Å². The van der Waals surface area contributed by atoms with Crippen LogP contribution in [0, 0.1) is 5.82 Å². The van der Waals surface area contributed by atoms with E-state index in [1.54, 1.807) is 31.0 Å². The van der Waals surface area contributed by atoms with Crippen LogP contribution in [0.15, 0.2) is 54.6 Å². The van der Waals surface area contributed by atoms with Gasteiger partial charge in [-0.15, -0.1) is 0 Å². The SMILES string of the molecule is CCOC(=O)C(O)C(c1ccccc1)N(C)c1ccc(F)cc1. The van der Waals surface area contributed by atoms with Crippen molar-refractivity contribution in [3.63, 3.8) is 0 Å². The quantitative estimate of drug-likeness (QED) is 0.832. The first-order chi connectivity index (χ1) is 11.0. The first-order valence-corrected chi connectivity index (χ1v) is 7.42. The fourth-order valence-corrected chi connectivity index (χ4v) is 2.46. The molecule has 0 aliphatic heterocycles. The Labute approximate surface area is 135 Å². The van der Waals surface area contributed by atoms with Gasteiger partial charge in [-0.3, -0.25) is 0 Å². The number of anilines is 1. The summed E-state index contributed by atoms with van der Waals surface area (Å²) in [5, 5.41) is 10.5. The van der Waals surface area contributed by atoms with E-state index in [9.17, 15) is 14.3 Å². The molecule has 5 heteroatoms. The summed E-state index contributed by atoms with van der Waals surface area (Å²) >= 11 is 0. The first kappa shape index (κ1) is 17.0. The monoisotopic (exact) mass is 317 g/mol. The van der Waals surface area contributed by atoms with E-state index in [0.29, 0.717) is 5.69 Å². The number of carbonyl (C=O) groups is 1. The minimum Gasteiger partial charge on any atom is -0.464 e. The lowest BCUT2D eigenvalue weighted by Crippen LogP contribution is -2.39. The second-order valence-corrected chi connectivity index (χ2v) is 5.14. The van der Waals surface area contributed by atoms with Gasteiger partial charge >= 0.3 is 5.97 Å². The van der Waals surface area contributed by atoms with Gasteiger partial charge in [-0.1, -0.05) is 30.3 Å². The molecule has 0 saturated heterocycles. The first-order valence-electron chi connectivity index (χ1n) is 7.42. The van der Waals surface area contributed by atoms with Gasteiger partial charge < -0.3 is 14.7 Å². The van der Waals surface area contributed by atoms with Crippen molar-refractivity contribution >= 4 is 11.7 Å². The van der Waals surface area contributed by atoms with Gasteiger partial charge in [0.05, 0.1) is 12.6 Å². The number of carbonyl (C=O) groups excluding carboxylic acids is 1. The van der Waals surface area contributed by atoms with E-state index in [0.717, 1.165) is 5.56 Å². The lowest BCUT2D eigenvalue weighted by molar-refractivity contribution is -0.154. The smallest absolute Gasteiger partial charge is 0.337 e. The molecule has 1 N–H and O–H groups in total. The highest BCUT2D eigenvalue weighted by Gasteiger charge is 2.32. The molecule has 0 spiro atoms. The summed E-state index contributed by atoms with van der Waals surface area (Å²) < 4.78 is 18.1.